The number of ether oxygens (including phenoxy) is 2. The SMILES string of the molecule is O=C(O)CCCCCOc1ccc(-c2cn([C@H]3O[C@H](CO)[C@@H](O)[C@H](O)[C@@H]3O)nn2)cc1. The van der Waals surface area contributed by atoms with E-state index in [1.165, 1.54) is 10.9 Å². The van der Waals surface area contributed by atoms with Crippen molar-refractivity contribution in [2.45, 2.75) is 56.3 Å². The molecule has 31 heavy (non-hydrogen) atoms. The van der Waals surface area contributed by atoms with Crippen molar-refractivity contribution in [3.8, 4) is 17.0 Å². The van der Waals surface area contributed by atoms with Crippen molar-refractivity contribution in [2.24, 2.45) is 0 Å². The van der Waals surface area contributed by atoms with Crippen LogP contribution in [0, 0.1) is 0 Å². The largest absolute Gasteiger partial charge is 0.494 e. The van der Waals surface area contributed by atoms with Crippen LogP contribution in [0.5, 0.6) is 5.75 Å². The lowest BCUT2D eigenvalue weighted by molar-refractivity contribution is -0.254. The number of aliphatic hydroxyl groups is 4. The number of benzene rings is 1. The predicted octanol–water partition coefficient (Wildman–Crippen LogP) is -0.0587. The van der Waals surface area contributed by atoms with Gasteiger partial charge in [0.25, 0.3) is 0 Å². The van der Waals surface area contributed by atoms with Crippen molar-refractivity contribution in [1.29, 1.82) is 0 Å². The van der Waals surface area contributed by atoms with Crippen molar-refractivity contribution in [1.82, 2.24) is 15.0 Å². The Hall–Kier alpha value is -2.57. The molecule has 1 fully saturated rings. The van der Waals surface area contributed by atoms with Gasteiger partial charge in [0.15, 0.2) is 6.23 Å². The number of aliphatic hydroxyl groups excluding tert-OH is 4. The van der Waals surface area contributed by atoms with Gasteiger partial charge in [0.05, 0.1) is 19.4 Å². The molecule has 5 atom stereocenters. The lowest BCUT2D eigenvalue weighted by Crippen LogP contribution is -2.56. The highest BCUT2D eigenvalue weighted by atomic mass is 16.6. The first kappa shape index (κ1) is 23.1. The van der Waals surface area contributed by atoms with E-state index >= 15 is 0 Å². The Kier molecular flexibility index (Phi) is 7.93. The number of hydrogen-bond donors (Lipinski definition) is 5. The van der Waals surface area contributed by atoms with Gasteiger partial charge in [0.2, 0.25) is 0 Å². The lowest BCUT2D eigenvalue weighted by atomic mass is 9.98. The second kappa shape index (κ2) is 10.6. The molecule has 3 rings (SSSR count). The van der Waals surface area contributed by atoms with Gasteiger partial charge in [-0.3, -0.25) is 4.79 Å². The van der Waals surface area contributed by atoms with Gasteiger partial charge in [0, 0.05) is 12.0 Å². The first-order chi connectivity index (χ1) is 14.9. The summed E-state index contributed by atoms with van der Waals surface area (Å²) >= 11 is 0. The van der Waals surface area contributed by atoms with Crippen LogP contribution < -0.4 is 4.74 Å². The van der Waals surface area contributed by atoms with Crippen molar-refractivity contribution >= 4 is 5.97 Å². The molecule has 5 N–H and O–H groups in total. The van der Waals surface area contributed by atoms with Gasteiger partial charge in [-0.2, -0.15) is 0 Å². The summed E-state index contributed by atoms with van der Waals surface area (Å²) in [6.45, 7) is -0.0315. The summed E-state index contributed by atoms with van der Waals surface area (Å²) in [6, 6.07) is 7.14. The molecule has 170 valence electrons. The first-order valence-electron chi connectivity index (χ1n) is 10.1. The van der Waals surface area contributed by atoms with Crippen LogP contribution in [0.15, 0.2) is 30.5 Å². The van der Waals surface area contributed by atoms with Crippen LogP contribution in [0.3, 0.4) is 0 Å². The molecule has 0 unspecified atom stereocenters. The second-order valence-electron chi connectivity index (χ2n) is 7.38. The fourth-order valence-corrected chi connectivity index (χ4v) is 3.30. The van der Waals surface area contributed by atoms with Crippen LogP contribution in [-0.4, -0.2) is 84.1 Å². The number of carboxylic acids is 1. The zero-order chi connectivity index (χ0) is 22.4. The van der Waals surface area contributed by atoms with Crippen LogP contribution in [0.25, 0.3) is 11.3 Å². The maximum atomic E-state index is 10.5. The van der Waals surface area contributed by atoms with Crippen molar-refractivity contribution < 1.29 is 39.8 Å². The topological polar surface area (TPSA) is 167 Å². The molecule has 0 saturated carbocycles. The quantitative estimate of drug-likeness (QED) is 0.318. The Labute approximate surface area is 178 Å². The summed E-state index contributed by atoms with van der Waals surface area (Å²) in [4.78, 5) is 10.5. The standard InChI is InChI=1S/C20H27N3O8/c24-11-15-17(27)18(28)19(29)20(31-15)23-10-14(21-22-23)12-5-7-13(8-6-12)30-9-3-1-2-4-16(25)26/h5-8,10,15,17-20,24,27-29H,1-4,9,11H2,(H,25,26)/t15-,17-,18+,19+,20+/m1/s1. The highest BCUT2D eigenvalue weighted by Crippen LogP contribution is 2.29. The Bertz CT molecular complexity index is 841. The molecular formula is C20H27N3O8. The minimum absolute atomic E-state index is 0.165. The van der Waals surface area contributed by atoms with Crippen LogP contribution in [0.2, 0.25) is 0 Å². The highest BCUT2D eigenvalue weighted by Gasteiger charge is 2.44. The van der Waals surface area contributed by atoms with Crippen molar-refractivity contribution in [3.63, 3.8) is 0 Å². The molecule has 11 nitrogen and oxygen atoms in total. The maximum Gasteiger partial charge on any atom is 0.303 e. The average Bonchev–Trinajstić information content (AvgIpc) is 3.25. The third kappa shape index (κ3) is 5.77. The summed E-state index contributed by atoms with van der Waals surface area (Å²) in [5, 5.41) is 55.9. The van der Waals surface area contributed by atoms with E-state index in [4.69, 9.17) is 14.6 Å². The van der Waals surface area contributed by atoms with Crippen LogP contribution in [-0.2, 0) is 9.53 Å². The van der Waals surface area contributed by atoms with Gasteiger partial charge in [-0.15, -0.1) is 5.10 Å². The Balaban J connectivity index is 1.56. The van der Waals surface area contributed by atoms with E-state index in [9.17, 15) is 25.2 Å². The van der Waals surface area contributed by atoms with Crippen LogP contribution in [0.1, 0.15) is 31.9 Å². The molecule has 0 aliphatic carbocycles. The third-order valence-corrected chi connectivity index (χ3v) is 5.09. The predicted molar refractivity (Wildman–Crippen MR) is 106 cm³/mol. The maximum absolute atomic E-state index is 10.5. The van der Waals surface area contributed by atoms with E-state index in [2.05, 4.69) is 10.3 Å². The van der Waals surface area contributed by atoms with E-state index in [0.717, 1.165) is 18.4 Å². The minimum Gasteiger partial charge on any atom is -0.494 e. The summed E-state index contributed by atoms with van der Waals surface area (Å²) in [5.74, 6) is -0.122. The number of aromatic nitrogens is 3. The molecule has 1 aromatic heterocycles. The lowest BCUT2D eigenvalue weighted by Gasteiger charge is -2.39. The number of nitrogens with zero attached hydrogens (tertiary/aromatic N) is 3. The normalized spacial score (nSPS) is 26.0. The second-order valence-corrected chi connectivity index (χ2v) is 7.38. The molecule has 2 heterocycles. The molecule has 1 aliphatic rings. The van der Waals surface area contributed by atoms with E-state index in [0.29, 0.717) is 24.5 Å². The van der Waals surface area contributed by atoms with Crippen LogP contribution in [0.4, 0.5) is 0 Å². The Morgan fingerprint density at radius 2 is 1.81 bits per heavy atom. The zero-order valence-electron chi connectivity index (χ0n) is 16.8. The van der Waals surface area contributed by atoms with E-state index in [-0.39, 0.29) is 6.42 Å². The Morgan fingerprint density at radius 3 is 2.48 bits per heavy atom. The highest BCUT2D eigenvalue weighted by molar-refractivity contribution is 5.66. The fraction of sp³-hybridized carbons (Fsp3) is 0.550. The minimum atomic E-state index is -1.50. The van der Waals surface area contributed by atoms with E-state index < -0.39 is 43.2 Å². The number of unbranched alkanes of at least 4 members (excludes halogenated alkanes) is 2. The van der Waals surface area contributed by atoms with Gasteiger partial charge in [-0.1, -0.05) is 5.21 Å². The summed E-state index contributed by atoms with van der Waals surface area (Å²) in [5.41, 5.74) is 1.24. The van der Waals surface area contributed by atoms with E-state index in [1.807, 2.05) is 0 Å². The third-order valence-electron chi connectivity index (χ3n) is 5.09. The molecular weight excluding hydrogens is 410 g/mol. The fourth-order valence-electron chi connectivity index (χ4n) is 3.30. The summed E-state index contributed by atoms with van der Waals surface area (Å²) in [7, 11) is 0. The van der Waals surface area contributed by atoms with Crippen molar-refractivity contribution in [3.05, 3.63) is 30.5 Å². The van der Waals surface area contributed by atoms with Gasteiger partial charge in [-0.25, -0.2) is 4.68 Å². The number of aliphatic carboxylic acids is 1. The number of carboxylic acid groups (broad SMARTS) is 1. The van der Waals surface area contributed by atoms with E-state index in [1.54, 1.807) is 24.3 Å². The smallest absolute Gasteiger partial charge is 0.303 e. The average molecular weight is 437 g/mol. The number of hydrogen-bond acceptors (Lipinski definition) is 9. The molecule has 0 spiro atoms. The molecule has 0 radical (unpaired) electrons. The molecule has 1 saturated heterocycles. The Morgan fingerprint density at radius 1 is 1.06 bits per heavy atom. The first-order valence-corrected chi connectivity index (χ1v) is 10.1. The molecule has 0 bridgehead atoms. The van der Waals surface area contributed by atoms with Gasteiger partial charge in [-0.05, 0) is 43.5 Å². The molecule has 1 aromatic carbocycles. The van der Waals surface area contributed by atoms with Gasteiger partial charge < -0.3 is 35.0 Å². The number of carbonyl (C=O) groups is 1. The van der Waals surface area contributed by atoms with Crippen LogP contribution >= 0.6 is 0 Å². The van der Waals surface area contributed by atoms with Gasteiger partial charge in [0.1, 0.15) is 35.9 Å². The summed E-state index contributed by atoms with van der Waals surface area (Å²) in [6.07, 6.45) is -2.65. The summed E-state index contributed by atoms with van der Waals surface area (Å²) < 4.78 is 12.4. The van der Waals surface area contributed by atoms with Gasteiger partial charge >= 0.3 is 5.97 Å². The zero-order valence-corrected chi connectivity index (χ0v) is 16.8. The molecule has 11 heteroatoms. The number of rotatable bonds is 10. The molecule has 1 aliphatic heterocycles. The monoisotopic (exact) mass is 437 g/mol. The molecule has 2 aromatic rings. The van der Waals surface area contributed by atoms with Crippen molar-refractivity contribution in [2.75, 3.05) is 13.2 Å². The molecule has 0 amide bonds.